The first kappa shape index (κ1) is 28.7. The number of aryl methyl sites for hydroxylation is 2. The van der Waals surface area contributed by atoms with Crippen molar-refractivity contribution in [2.75, 3.05) is 26.2 Å². The molecule has 0 bridgehead atoms. The Kier molecular flexibility index (Phi) is 8.33. The molecule has 1 saturated heterocycles. The van der Waals surface area contributed by atoms with Crippen molar-refractivity contribution in [2.45, 2.75) is 64.1 Å². The molecule has 1 saturated carbocycles. The van der Waals surface area contributed by atoms with Gasteiger partial charge in [-0.2, -0.15) is 0 Å². The van der Waals surface area contributed by atoms with E-state index in [4.69, 9.17) is 9.15 Å². The third-order valence-electron chi connectivity index (χ3n) is 8.62. The van der Waals surface area contributed by atoms with Gasteiger partial charge in [-0.25, -0.2) is 14.8 Å². The van der Waals surface area contributed by atoms with Crippen LogP contribution >= 0.6 is 0 Å². The molecule has 2 aromatic carbocycles. The molecule has 1 aliphatic heterocycles. The lowest BCUT2D eigenvalue weighted by Gasteiger charge is -2.36. The van der Waals surface area contributed by atoms with Gasteiger partial charge in [-0.3, -0.25) is 4.79 Å². The van der Waals surface area contributed by atoms with Crippen LogP contribution in [-0.4, -0.2) is 74.9 Å². The Balaban J connectivity index is 1.24. The van der Waals surface area contributed by atoms with Gasteiger partial charge in [0.1, 0.15) is 11.3 Å². The van der Waals surface area contributed by atoms with Gasteiger partial charge in [0, 0.05) is 50.1 Å². The Morgan fingerprint density at radius 1 is 1.14 bits per heavy atom. The number of imidazole rings is 1. The summed E-state index contributed by atoms with van der Waals surface area (Å²) in [6, 6.07) is 13.1. The quantitative estimate of drug-likeness (QED) is 0.264. The smallest absolute Gasteiger partial charge is 0.404 e. The summed E-state index contributed by atoms with van der Waals surface area (Å²) in [6.07, 6.45) is 4.81. The van der Waals surface area contributed by atoms with Gasteiger partial charge in [0.25, 0.3) is 5.91 Å². The van der Waals surface area contributed by atoms with Crippen molar-refractivity contribution >= 4 is 23.1 Å². The first-order chi connectivity index (χ1) is 20.9. The molecule has 2 amide bonds. The third kappa shape index (κ3) is 5.94. The maximum atomic E-state index is 14.2. The maximum absolute atomic E-state index is 14.2. The van der Waals surface area contributed by atoms with Crippen LogP contribution in [0.4, 0.5) is 4.79 Å². The molecule has 3 N–H and O–H groups in total. The van der Waals surface area contributed by atoms with Gasteiger partial charge in [0.15, 0.2) is 17.2 Å². The van der Waals surface area contributed by atoms with Crippen LogP contribution in [0.1, 0.15) is 60.1 Å². The number of benzene rings is 2. The van der Waals surface area contributed by atoms with Crippen LogP contribution in [-0.2, 0) is 0 Å². The van der Waals surface area contributed by atoms with Gasteiger partial charge in [-0.15, -0.1) is 0 Å². The Morgan fingerprint density at radius 2 is 1.95 bits per heavy atom. The molecule has 3 heterocycles. The van der Waals surface area contributed by atoms with E-state index in [-0.39, 0.29) is 24.0 Å². The molecule has 43 heavy (non-hydrogen) atoms. The molecule has 6 rings (SSSR count). The van der Waals surface area contributed by atoms with Gasteiger partial charge in [0.05, 0.1) is 30.7 Å². The normalized spacial score (nSPS) is 20.7. The summed E-state index contributed by atoms with van der Waals surface area (Å²) in [7, 11) is 0. The molecule has 2 aromatic heterocycles. The SMILES string of the molecule is Cc1nc2ccc(OCC[C@@H]3CNCCN3C(=O)c3ncn([C@H]4CCCC[C@@H]4NC(=O)O)c3-c3ccccc3)c(C)c2o1. The molecule has 3 atom stereocenters. The molecule has 11 heteroatoms. The minimum atomic E-state index is -1.04. The van der Waals surface area contributed by atoms with E-state index >= 15 is 0 Å². The van der Waals surface area contributed by atoms with Crippen LogP contribution in [0, 0.1) is 13.8 Å². The second-order valence-electron chi connectivity index (χ2n) is 11.4. The number of rotatable bonds is 8. The average molecular weight is 587 g/mol. The number of aromatic nitrogens is 3. The van der Waals surface area contributed by atoms with Crippen LogP contribution in [0.2, 0.25) is 0 Å². The fourth-order valence-electron chi connectivity index (χ4n) is 6.52. The van der Waals surface area contributed by atoms with E-state index in [0.29, 0.717) is 44.2 Å². The van der Waals surface area contributed by atoms with Crippen molar-refractivity contribution < 1.29 is 23.8 Å². The van der Waals surface area contributed by atoms with Crippen LogP contribution in [0.15, 0.2) is 53.2 Å². The van der Waals surface area contributed by atoms with Crippen LogP contribution in [0.3, 0.4) is 0 Å². The minimum Gasteiger partial charge on any atom is -0.493 e. The number of carbonyl (C=O) groups excluding carboxylic acids is 1. The lowest BCUT2D eigenvalue weighted by atomic mass is 9.89. The average Bonchev–Trinajstić information content (AvgIpc) is 3.63. The third-order valence-corrected chi connectivity index (χ3v) is 8.62. The van der Waals surface area contributed by atoms with Crippen molar-refractivity contribution in [1.29, 1.82) is 0 Å². The molecule has 0 radical (unpaired) electrons. The maximum Gasteiger partial charge on any atom is 0.404 e. The van der Waals surface area contributed by atoms with E-state index in [1.165, 1.54) is 0 Å². The van der Waals surface area contributed by atoms with Crippen LogP contribution in [0.25, 0.3) is 22.4 Å². The van der Waals surface area contributed by atoms with Crippen molar-refractivity contribution in [2.24, 2.45) is 0 Å². The second kappa shape index (κ2) is 12.5. The molecule has 2 aliphatic rings. The monoisotopic (exact) mass is 586 g/mol. The lowest BCUT2D eigenvalue weighted by molar-refractivity contribution is 0.0601. The molecule has 2 fully saturated rings. The fraction of sp³-hybridized carbons (Fsp3) is 0.438. The Morgan fingerprint density at radius 3 is 2.77 bits per heavy atom. The summed E-state index contributed by atoms with van der Waals surface area (Å²) in [6.45, 7) is 6.12. The first-order valence-corrected chi connectivity index (χ1v) is 15.0. The summed E-state index contributed by atoms with van der Waals surface area (Å²) < 4.78 is 14.0. The number of nitrogens with one attached hydrogen (secondary N) is 2. The highest BCUT2D eigenvalue weighted by molar-refractivity contribution is 5.98. The van der Waals surface area contributed by atoms with Crippen LogP contribution < -0.4 is 15.4 Å². The number of hydrogen-bond acceptors (Lipinski definition) is 7. The molecule has 226 valence electrons. The number of fused-ring (bicyclic) bond motifs is 1. The summed E-state index contributed by atoms with van der Waals surface area (Å²) in [5.74, 6) is 1.23. The Bertz CT molecular complexity index is 1600. The van der Waals surface area contributed by atoms with E-state index < -0.39 is 6.09 Å². The van der Waals surface area contributed by atoms with E-state index in [1.54, 1.807) is 6.33 Å². The number of ether oxygens (including phenoxy) is 1. The van der Waals surface area contributed by atoms with Gasteiger partial charge in [-0.1, -0.05) is 43.2 Å². The van der Waals surface area contributed by atoms with Gasteiger partial charge >= 0.3 is 6.09 Å². The predicted molar refractivity (Wildman–Crippen MR) is 161 cm³/mol. The molecule has 1 aliphatic carbocycles. The summed E-state index contributed by atoms with van der Waals surface area (Å²) in [5, 5.41) is 15.6. The van der Waals surface area contributed by atoms with Crippen molar-refractivity contribution in [1.82, 2.24) is 30.1 Å². The zero-order valence-corrected chi connectivity index (χ0v) is 24.6. The molecule has 0 unspecified atom stereocenters. The first-order valence-electron chi connectivity index (χ1n) is 15.0. The highest BCUT2D eigenvalue weighted by atomic mass is 16.5. The highest BCUT2D eigenvalue weighted by Crippen LogP contribution is 2.35. The zero-order valence-electron chi connectivity index (χ0n) is 24.6. The van der Waals surface area contributed by atoms with E-state index in [0.717, 1.165) is 59.4 Å². The van der Waals surface area contributed by atoms with Gasteiger partial charge < -0.3 is 34.4 Å². The summed E-state index contributed by atoms with van der Waals surface area (Å²) in [5.41, 5.74) is 4.45. The number of oxazole rings is 1. The molecule has 11 nitrogen and oxygen atoms in total. The van der Waals surface area contributed by atoms with Crippen molar-refractivity contribution in [3.63, 3.8) is 0 Å². The van der Waals surface area contributed by atoms with Crippen molar-refractivity contribution in [3.05, 3.63) is 65.9 Å². The molecular weight excluding hydrogens is 548 g/mol. The topological polar surface area (TPSA) is 135 Å². The number of amides is 2. The van der Waals surface area contributed by atoms with Gasteiger partial charge in [0.2, 0.25) is 0 Å². The Hall–Kier alpha value is -4.38. The summed E-state index contributed by atoms with van der Waals surface area (Å²) in [4.78, 5) is 36.8. The fourth-order valence-corrected chi connectivity index (χ4v) is 6.52. The minimum absolute atomic E-state index is 0.0808. The summed E-state index contributed by atoms with van der Waals surface area (Å²) >= 11 is 0. The predicted octanol–water partition coefficient (Wildman–Crippen LogP) is 4.94. The van der Waals surface area contributed by atoms with Crippen LogP contribution in [0.5, 0.6) is 5.75 Å². The largest absolute Gasteiger partial charge is 0.493 e. The van der Waals surface area contributed by atoms with Gasteiger partial charge in [-0.05, 0) is 31.9 Å². The molecular formula is C32H38N6O5. The molecule has 4 aromatic rings. The number of carbonyl (C=O) groups is 2. The number of carboxylic acid groups (broad SMARTS) is 1. The zero-order chi connectivity index (χ0) is 29.9. The number of nitrogens with zero attached hydrogens (tertiary/aromatic N) is 4. The lowest BCUT2D eigenvalue weighted by Crippen LogP contribution is -2.54. The van der Waals surface area contributed by atoms with E-state index in [1.807, 2.05) is 65.8 Å². The van der Waals surface area contributed by atoms with Crippen molar-refractivity contribution in [3.8, 4) is 17.0 Å². The number of hydrogen-bond donors (Lipinski definition) is 3. The highest BCUT2D eigenvalue weighted by Gasteiger charge is 2.35. The standard InChI is InChI=1S/C32H38N6O5/c1-20-27(13-12-25-30(20)43-21(2)35-25)42-17-14-23-18-33-15-16-37(23)31(39)28-29(22-8-4-3-5-9-22)38(19-34-28)26-11-7-6-10-24(26)36-32(40)41/h3-5,8-9,12-13,19,23-24,26,33,36H,6-7,10-11,14-18H2,1-2H3,(H,40,41)/t23-,24+,26+/m1/s1. The number of piperazine rings is 1. The Labute approximate surface area is 250 Å². The van der Waals surface area contributed by atoms with E-state index in [2.05, 4.69) is 20.6 Å². The molecule has 0 spiro atoms. The van der Waals surface area contributed by atoms with E-state index in [9.17, 15) is 14.7 Å². The second-order valence-corrected chi connectivity index (χ2v) is 11.4.